The van der Waals surface area contributed by atoms with Crippen LogP contribution in [0, 0.1) is 6.92 Å². The minimum atomic E-state index is -0.127. The van der Waals surface area contributed by atoms with E-state index in [1.54, 1.807) is 6.20 Å². The molecule has 5 nitrogen and oxygen atoms in total. The maximum atomic E-state index is 12.7. The van der Waals surface area contributed by atoms with Crippen molar-refractivity contribution in [2.45, 2.75) is 6.92 Å². The van der Waals surface area contributed by atoms with Crippen molar-refractivity contribution >= 4 is 28.4 Å². The van der Waals surface area contributed by atoms with Crippen molar-refractivity contribution in [1.82, 2.24) is 9.97 Å². The van der Waals surface area contributed by atoms with Gasteiger partial charge < -0.3 is 11.1 Å². The Morgan fingerprint density at radius 1 is 0.963 bits per heavy atom. The molecule has 1 aromatic heterocycles. The van der Waals surface area contributed by atoms with Crippen LogP contribution in [0.3, 0.4) is 0 Å². The second-order valence-electron chi connectivity index (χ2n) is 6.35. The van der Waals surface area contributed by atoms with Crippen LogP contribution >= 0.6 is 0 Å². The van der Waals surface area contributed by atoms with Gasteiger partial charge in [-0.05, 0) is 53.9 Å². The number of nitrogens with two attached hydrogens (primary N) is 1. The van der Waals surface area contributed by atoms with Gasteiger partial charge in [-0.3, -0.25) is 4.79 Å². The van der Waals surface area contributed by atoms with Gasteiger partial charge in [-0.1, -0.05) is 36.4 Å². The van der Waals surface area contributed by atoms with Gasteiger partial charge in [0.2, 0.25) is 5.95 Å². The number of benzene rings is 3. The Morgan fingerprint density at radius 3 is 2.52 bits per heavy atom. The Morgan fingerprint density at radius 2 is 1.70 bits per heavy atom. The summed E-state index contributed by atoms with van der Waals surface area (Å²) in [5.74, 6) is 0.128. The molecule has 0 saturated carbocycles. The minimum Gasteiger partial charge on any atom is -0.368 e. The van der Waals surface area contributed by atoms with Gasteiger partial charge in [0.05, 0.1) is 5.52 Å². The van der Waals surface area contributed by atoms with E-state index in [0.717, 1.165) is 33.3 Å². The van der Waals surface area contributed by atoms with Gasteiger partial charge >= 0.3 is 0 Å². The monoisotopic (exact) mass is 354 g/mol. The zero-order valence-electron chi connectivity index (χ0n) is 14.8. The SMILES string of the molecule is Cc1ccc(-c2ccc3nc(N)ncc3c2)cc1C(=O)Nc1ccccc1. The van der Waals surface area contributed by atoms with E-state index in [-0.39, 0.29) is 11.9 Å². The molecule has 1 heterocycles. The number of aromatic nitrogens is 2. The minimum absolute atomic E-state index is 0.127. The number of amides is 1. The summed E-state index contributed by atoms with van der Waals surface area (Å²) in [4.78, 5) is 21.0. The summed E-state index contributed by atoms with van der Waals surface area (Å²) in [7, 11) is 0. The van der Waals surface area contributed by atoms with Crippen LogP contribution in [0.5, 0.6) is 0 Å². The molecule has 0 atom stereocenters. The van der Waals surface area contributed by atoms with Gasteiger partial charge in [0.1, 0.15) is 0 Å². The van der Waals surface area contributed by atoms with E-state index < -0.39 is 0 Å². The largest absolute Gasteiger partial charge is 0.368 e. The quantitative estimate of drug-likeness (QED) is 0.570. The number of hydrogen-bond donors (Lipinski definition) is 2. The molecule has 4 rings (SSSR count). The van der Waals surface area contributed by atoms with Crippen LogP contribution in [0.4, 0.5) is 11.6 Å². The van der Waals surface area contributed by atoms with Crippen molar-refractivity contribution in [1.29, 1.82) is 0 Å². The fourth-order valence-electron chi connectivity index (χ4n) is 2.99. The maximum absolute atomic E-state index is 12.7. The fraction of sp³-hybridized carbons (Fsp3) is 0.0455. The second-order valence-corrected chi connectivity index (χ2v) is 6.35. The van der Waals surface area contributed by atoms with Crippen LogP contribution in [-0.4, -0.2) is 15.9 Å². The molecule has 0 radical (unpaired) electrons. The van der Waals surface area contributed by atoms with E-state index in [9.17, 15) is 4.79 Å². The predicted molar refractivity (Wildman–Crippen MR) is 109 cm³/mol. The van der Waals surface area contributed by atoms with Crippen molar-refractivity contribution in [3.05, 3.63) is 84.1 Å². The highest BCUT2D eigenvalue weighted by Gasteiger charge is 2.11. The number of hydrogen-bond acceptors (Lipinski definition) is 4. The molecule has 0 fully saturated rings. The average Bonchev–Trinajstić information content (AvgIpc) is 2.68. The van der Waals surface area contributed by atoms with Crippen molar-refractivity contribution in [2.75, 3.05) is 11.1 Å². The number of nitrogens with zero attached hydrogens (tertiary/aromatic N) is 2. The summed E-state index contributed by atoms with van der Waals surface area (Å²) in [6.45, 7) is 1.93. The highest BCUT2D eigenvalue weighted by Crippen LogP contribution is 2.26. The van der Waals surface area contributed by atoms with Gasteiger partial charge in [-0.25, -0.2) is 9.97 Å². The van der Waals surface area contributed by atoms with Crippen LogP contribution in [0.1, 0.15) is 15.9 Å². The molecule has 0 aliphatic carbocycles. The topological polar surface area (TPSA) is 80.9 Å². The number of nitrogen functional groups attached to an aromatic ring is 1. The molecule has 27 heavy (non-hydrogen) atoms. The first kappa shape index (κ1) is 16.7. The fourth-order valence-corrected chi connectivity index (χ4v) is 2.99. The smallest absolute Gasteiger partial charge is 0.255 e. The number of para-hydroxylation sites is 1. The molecule has 0 bridgehead atoms. The van der Waals surface area contributed by atoms with E-state index in [2.05, 4.69) is 15.3 Å². The van der Waals surface area contributed by atoms with Gasteiger partial charge in [0.25, 0.3) is 5.91 Å². The molecular weight excluding hydrogens is 336 g/mol. The zero-order valence-corrected chi connectivity index (χ0v) is 14.8. The molecule has 0 unspecified atom stereocenters. The van der Waals surface area contributed by atoms with Crippen LogP contribution in [-0.2, 0) is 0 Å². The third kappa shape index (κ3) is 3.48. The van der Waals surface area contributed by atoms with Crippen LogP contribution < -0.4 is 11.1 Å². The molecule has 0 spiro atoms. The molecule has 1 amide bonds. The molecule has 3 N–H and O–H groups in total. The van der Waals surface area contributed by atoms with Crippen LogP contribution in [0.2, 0.25) is 0 Å². The predicted octanol–water partition coefficient (Wildman–Crippen LogP) is 4.44. The van der Waals surface area contributed by atoms with Gasteiger partial charge in [-0.15, -0.1) is 0 Å². The van der Waals surface area contributed by atoms with Crippen molar-refractivity contribution in [3.63, 3.8) is 0 Å². The maximum Gasteiger partial charge on any atom is 0.255 e. The number of aryl methyl sites for hydroxylation is 1. The van der Waals surface area contributed by atoms with E-state index in [0.29, 0.717) is 5.56 Å². The summed E-state index contributed by atoms with van der Waals surface area (Å²) in [5, 5.41) is 3.84. The number of rotatable bonds is 3. The van der Waals surface area contributed by atoms with Gasteiger partial charge in [-0.2, -0.15) is 0 Å². The van der Waals surface area contributed by atoms with Gasteiger partial charge in [0, 0.05) is 22.8 Å². The normalized spacial score (nSPS) is 10.7. The number of nitrogens with one attached hydrogen (secondary N) is 1. The summed E-state index contributed by atoms with van der Waals surface area (Å²) >= 11 is 0. The zero-order chi connectivity index (χ0) is 18.8. The first-order valence-corrected chi connectivity index (χ1v) is 8.60. The molecule has 0 aliphatic heterocycles. The van der Waals surface area contributed by atoms with E-state index in [1.165, 1.54) is 0 Å². The highest BCUT2D eigenvalue weighted by atomic mass is 16.1. The third-order valence-electron chi connectivity index (χ3n) is 4.45. The van der Waals surface area contributed by atoms with Gasteiger partial charge in [0.15, 0.2) is 0 Å². The molecule has 4 aromatic rings. The lowest BCUT2D eigenvalue weighted by Gasteiger charge is -2.11. The Labute approximate surface area is 156 Å². The molecule has 0 saturated heterocycles. The number of anilines is 2. The van der Waals surface area contributed by atoms with E-state index >= 15 is 0 Å². The Kier molecular flexibility index (Phi) is 4.26. The molecule has 5 heteroatoms. The van der Waals surface area contributed by atoms with E-state index in [4.69, 9.17) is 5.73 Å². The highest BCUT2D eigenvalue weighted by molar-refractivity contribution is 6.06. The summed E-state index contributed by atoms with van der Waals surface area (Å²) in [5.41, 5.74) is 10.7. The van der Waals surface area contributed by atoms with Crippen LogP contribution in [0.25, 0.3) is 22.0 Å². The van der Waals surface area contributed by atoms with E-state index in [1.807, 2.05) is 73.7 Å². The number of carbonyl (C=O) groups excluding carboxylic acids is 1. The third-order valence-corrected chi connectivity index (χ3v) is 4.45. The molecule has 132 valence electrons. The lowest BCUT2D eigenvalue weighted by Crippen LogP contribution is -2.13. The summed E-state index contributed by atoms with van der Waals surface area (Å²) in [6, 6.07) is 21.2. The molecule has 0 aliphatic rings. The van der Waals surface area contributed by atoms with Crippen molar-refractivity contribution in [2.24, 2.45) is 0 Å². The number of fused-ring (bicyclic) bond motifs is 1. The number of carbonyl (C=O) groups is 1. The van der Waals surface area contributed by atoms with Crippen molar-refractivity contribution < 1.29 is 4.79 Å². The Bertz CT molecular complexity index is 1140. The lowest BCUT2D eigenvalue weighted by molar-refractivity contribution is 0.102. The first-order chi connectivity index (χ1) is 13.1. The Balaban J connectivity index is 1.69. The summed E-state index contributed by atoms with van der Waals surface area (Å²) < 4.78 is 0. The molecular formula is C22H18N4O. The lowest BCUT2D eigenvalue weighted by atomic mass is 9.98. The summed E-state index contributed by atoms with van der Waals surface area (Å²) in [6.07, 6.45) is 1.71. The second kappa shape index (κ2) is 6.88. The standard InChI is InChI=1S/C22H18N4O/c1-14-7-8-16(12-19(14)21(27)25-18-5-3-2-4-6-18)15-9-10-20-17(11-15)13-24-22(23)26-20/h2-13H,1H3,(H,25,27)(H2,23,24,26). The Hall–Kier alpha value is -3.73. The van der Waals surface area contributed by atoms with Crippen LogP contribution in [0.15, 0.2) is 72.9 Å². The average molecular weight is 354 g/mol. The first-order valence-electron chi connectivity index (χ1n) is 8.60. The van der Waals surface area contributed by atoms with Crippen molar-refractivity contribution in [3.8, 4) is 11.1 Å². The molecule has 3 aromatic carbocycles.